The number of hydrogen-bond donors (Lipinski definition) is 2. The molecule has 3 rings (SSSR count). The number of aromatic amines is 1. The van der Waals surface area contributed by atoms with Crippen LogP contribution < -0.4 is 5.73 Å². The minimum Gasteiger partial charge on any atom is -0.324 e. The van der Waals surface area contributed by atoms with Crippen LogP contribution in [-0.2, 0) is 0 Å². The highest BCUT2D eigenvalue weighted by Crippen LogP contribution is 2.29. The molecule has 102 valence electrons. The highest BCUT2D eigenvalue weighted by Gasteiger charge is 2.10. The third-order valence-corrected chi connectivity index (χ3v) is 3.73. The number of hydrogen-bond acceptors (Lipinski definition) is 3. The second-order valence-electron chi connectivity index (χ2n) is 4.79. The number of nitrogens with zero attached hydrogens (tertiary/aromatic N) is 2. The zero-order chi connectivity index (χ0) is 14.1. The summed E-state index contributed by atoms with van der Waals surface area (Å²) in [6, 6.07) is 7.85. The summed E-state index contributed by atoms with van der Waals surface area (Å²) < 4.78 is 0. The Morgan fingerprint density at radius 2 is 2.15 bits per heavy atom. The topological polar surface area (TPSA) is 67.6 Å². The molecule has 0 radical (unpaired) electrons. The molecule has 2 aromatic heterocycles. The van der Waals surface area contributed by atoms with Crippen molar-refractivity contribution in [3.63, 3.8) is 0 Å². The number of nitrogens with one attached hydrogen (secondary N) is 1. The fraction of sp³-hybridized carbons (Fsp3) is 0.200. The van der Waals surface area contributed by atoms with E-state index >= 15 is 0 Å². The summed E-state index contributed by atoms with van der Waals surface area (Å²) in [6.45, 7) is 2.04. The van der Waals surface area contributed by atoms with Crippen molar-refractivity contribution in [3.8, 4) is 11.3 Å². The SMILES string of the molecule is CCC(N)c1cnc(-c2ccc3[nH]ncc3c2)c(Cl)c1. The van der Waals surface area contributed by atoms with E-state index in [1.54, 1.807) is 12.4 Å². The summed E-state index contributed by atoms with van der Waals surface area (Å²) in [5.41, 5.74) is 9.70. The number of fused-ring (bicyclic) bond motifs is 1. The van der Waals surface area contributed by atoms with E-state index in [9.17, 15) is 0 Å². The van der Waals surface area contributed by atoms with E-state index in [4.69, 9.17) is 17.3 Å². The molecule has 4 nitrogen and oxygen atoms in total. The standard InChI is InChI=1S/C15H15ClN4/c1-2-13(17)10-6-12(16)15(18-7-10)9-3-4-14-11(5-9)8-19-20-14/h3-8,13H,2,17H2,1H3,(H,19,20). The number of pyridine rings is 1. The Hall–Kier alpha value is -1.91. The quantitative estimate of drug-likeness (QED) is 0.771. The lowest BCUT2D eigenvalue weighted by Crippen LogP contribution is -2.09. The average molecular weight is 287 g/mol. The van der Waals surface area contributed by atoms with Gasteiger partial charge in [0.15, 0.2) is 0 Å². The average Bonchev–Trinajstić information content (AvgIpc) is 2.93. The molecule has 0 amide bonds. The number of rotatable bonds is 3. The van der Waals surface area contributed by atoms with Crippen molar-refractivity contribution < 1.29 is 0 Å². The lowest BCUT2D eigenvalue weighted by Gasteiger charge is -2.11. The molecular formula is C15H15ClN4. The molecule has 1 aromatic carbocycles. The third kappa shape index (κ3) is 2.28. The highest BCUT2D eigenvalue weighted by molar-refractivity contribution is 6.33. The predicted octanol–water partition coefficient (Wildman–Crippen LogP) is 3.69. The van der Waals surface area contributed by atoms with E-state index in [1.165, 1.54) is 0 Å². The lowest BCUT2D eigenvalue weighted by atomic mass is 10.0. The lowest BCUT2D eigenvalue weighted by molar-refractivity contribution is 0.695. The Labute approximate surface area is 122 Å². The van der Waals surface area contributed by atoms with Crippen LogP contribution in [0.3, 0.4) is 0 Å². The molecule has 0 aliphatic rings. The number of benzene rings is 1. The molecule has 0 saturated carbocycles. The maximum Gasteiger partial charge on any atom is 0.0888 e. The van der Waals surface area contributed by atoms with E-state index in [0.717, 1.165) is 34.1 Å². The van der Waals surface area contributed by atoms with Crippen molar-refractivity contribution in [1.82, 2.24) is 15.2 Å². The molecule has 5 heteroatoms. The van der Waals surface area contributed by atoms with Crippen LogP contribution in [0.1, 0.15) is 24.9 Å². The Bertz CT molecular complexity index is 750. The molecule has 2 heterocycles. The summed E-state index contributed by atoms with van der Waals surface area (Å²) >= 11 is 6.35. The van der Waals surface area contributed by atoms with E-state index in [0.29, 0.717) is 5.02 Å². The van der Waals surface area contributed by atoms with Gasteiger partial charge in [-0.05, 0) is 30.2 Å². The molecule has 0 aliphatic heterocycles. The minimum atomic E-state index is -0.0228. The fourth-order valence-electron chi connectivity index (χ4n) is 2.19. The third-order valence-electron chi connectivity index (χ3n) is 3.44. The van der Waals surface area contributed by atoms with Crippen LogP contribution in [0.5, 0.6) is 0 Å². The van der Waals surface area contributed by atoms with Crippen molar-refractivity contribution in [3.05, 3.63) is 47.2 Å². The minimum absolute atomic E-state index is 0.0228. The predicted molar refractivity (Wildman–Crippen MR) is 81.6 cm³/mol. The Morgan fingerprint density at radius 3 is 2.90 bits per heavy atom. The summed E-state index contributed by atoms with van der Waals surface area (Å²) in [7, 11) is 0. The first-order valence-electron chi connectivity index (χ1n) is 6.53. The van der Waals surface area contributed by atoms with Crippen molar-refractivity contribution in [2.45, 2.75) is 19.4 Å². The van der Waals surface area contributed by atoms with Gasteiger partial charge in [-0.15, -0.1) is 0 Å². The van der Waals surface area contributed by atoms with E-state index in [-0.39, 0.29) is 6.04 Å². The fourth-order valence-corrected chi connectivity index (χ4v) is 2.48. The van der Waals surface area contributed by atoms with Crippen molar-refractivity contribution >= 4 is 22.5 Å². The molecule has 3 aromatic rings. The highest BCUT2D eigenvalue weighted by atomic mass is 35.5. The van der Waals surface area contributed by atoms with Crippen LogP contribution in [0.15, 0.2) is 36.7 Å². The van der Waals surface area contributed by atoms with Gasteiger partial charge in [-0.3, -0.25) is 10.1 Å². The molecule has 3 N–H and O–H groups in total. The first-order chi connectivity index (χ1) is 9.69. The summed E-state index contributed by atoms with van der Waals surface area (Å²) in [4.78, 5) is 4.47. The second kappa shape index (κ2) is 5.23. The van der Waals surface area contributed by atoms with Crippen LogP contribution in [-0.4, -0.2) is 15.2 Å². The van der Waals surface area contributed by atoms with Gasteiger partial charge in [0, 0.05) is 23.2 Å². The van der Waals surface area contributed by atoms with Crippen LogP contribution >= 0.6 is 11.6 Å². The van der Waals surface area contributed by atoms with Crippen molar-refractivity contribution in [1.29, 1.82) is 0 Å². The largest absolute Gasteiger partial charge is 0.324 e. The molecule has 0 spiro atoms. The van der Waals surface area contributed by atoms with Gasteiger partial charge in [-0.1, -0.05) is 24.6 Å². The number of nitrogens with two attached hydrogens (primary N) is 1. The molecule has 0 aliphatic carbocycles. The Balaban J connectivity index is 2.05. The van der Waals surface area contributed by atoms with Crippen molar-refractivity contribution in [2.75, 3.05) is 0 Å². The molecule has 20 heavy (non-hydrogen) atoms. The normalized spacial score (nSPS) is 12.8. The van der Waals surface area contributed by atoms with Crippen LogP contribution in [0.2, 0.25) is 5.02 Å². The second-order valence-corrected chi connectivity index (χ2v) is 5.19. The zero-order valence-electron chi connectivity index (χ0n) is 11.1. The maximum atomic E-state index is 6.35. The number of H-pyrrole nitrogens is 1. The first-order valence-corrected chi connectivity index (χ1v) is 6.91. The van der Waals surface area contributed by atoms with E-state index < -0.39 is 0 Å². The van der Waals surface area contributed by atoms with Gasteiger partial charge in [0.05, 0.1) is 22.4 Å². The molecule has 0 saturated heterocycles. The Kier molecular flexibility index (Phi) is 3.42. The zero-order valence-corrected chi connectivity index (χ0v) is 11.9. The van der Waals surface area contributed by atoms with Crippen LogP contribution in [0.25, 0.3) is 22.2 Å². The van der Waals surface area contributed by atoms with Gasteiger partial charge in [0.25, 0.3) is 0 Å². The summed E-state index contributed by atoms with van der Waals surface area (Å²) in [5.74, 6) is 0. The molecule has 0 fully saturated rings. The van der Waals surface area contributed by atoms with Gasteiger partial charge < -0.3 is 5.73 Å². The molecule has 1 atom stereocenters. The van der Waals surface area contributed by atoms with Gasteiger partial charge in [0.1, 0.15) is 0 Å². The number of halogens is 1. The molecule has 0 bridgehead atoms. The van der Waals surface area contributed by atoms with Crippen molar-refractivity contribution in [2.24, 2.45) is 5.73 Å². The summed E-state index contributed by atoms with van der Waals surface area (Å²) in [5, 5.41) is 8.59. The molecule has 1 unspecified atom stereocenters. The van der Waals surface area contributed by atoms with Gasteiger partial charge in [0.2, 0.25) is 0 Å². The van der Waals surface area contributed by atoms with Gasteiger partial charge in [-0.25, -0.2) is 0 Å². The Morgan fingerprint density at radius 1 is 1.30 bits per heavy atom. The van der Waals surface area contributed by atoms with Crippen LogP contribution in [0, 0.1) is 0 Å². The van der Waals surface area contributed by atoms with Gasteiger partial charge in [-0.2, -0.15) is 5.10 Å². The van der Waals surface area contributed by atoms with E-state index in [1.807, 2.05) is 31.2 Å². The first kappa shape index (κ1) is 13.1. The monoisotopic (exact) mass is 286 g/mol. The van der Waals surface area contributed by atoms with Gasteiger partial charge >= 0.3 is 0 Å². The van der Waals surface area contributed by atoms with E-state index in [2.05, 4.69) is 15.2 Å². The van der Waals surface area contributed by atoms with Crippen LogP contribution in [0.4, 0.5) is 0 Å². The summed E-state index contributed by atoms with van der Waals surface area (Å²) in [6.07, 6.45) is 4.45. The smallest absolute Gasteiger partial charge is 0.0888 e. The number of aromatic nitrogens is 3. The molecular weight excluding hydrogens is 272 g/mol. The maximum absolute atomic E-state index is 6.35.